The van der Waals surface area contributed by atoms with Crippen molar-refractivity contribution in [2.45, 2.75) is 64.4 Å². The predicted molar refractivity (Wildman–Crippen MR) is 81.1 cm³/mol. The fourth-order valence-corrected chi connectivity index (χ4v) is 3.87. The first-order valence-electron chi connectivity index (χ1n) is 7.96. The zero-order chi connectivity index (χ0) is 13.7. The van der Waals surface area contributed by atoms with Gasteiger partial charge in [0.15, 0.2) is 0 Å². The van der Waals surface area contributed by atoms with Crippen LogP contribution in [-0.2, 0) is 6.42 Å². The first kappa shape index (κ1) is 14.6. The summed E-state index contributed by atoms with van der Waals surface area (Å²) in [5.74, 6) is 1.19. The smallest absolute Gasteiger partial charge is 0.0716 e. The Morgan fingerprint density at radius 3 is 2.42 bits per heavy atom. The average molecular weight is 260 g/mol. The van der Waals surface area contributed by atoms with Crippen molar-refractivity contribution in [2.75, 3.05) is 0 Å². The molecule has 1 N–H and O–H groups in total. The minimum Gasteiger partial charge on any atom is -0.389 e. The Morgan fingerprint density at radius 1 is 1.11 bits per heavy atom. The highest BCUT2D eigenvalue weighted by Crippen LogP contribution is 2.42. The van der Waals surface area contributed by atoms with Gasteiger partial charge in [0.2, 0.25) is 0 Å². The molecule has 0 spiro atoms. The molecule has 1 saturated carbocycles. The highest BCUT2D eigenvalue weighted by molar-refractivity contribution is 5.17. The highest BCUT2D eigenvalue weighted by Gasteiger charge is 2.40. The molecule has 0 bridgehead atoms. The molecule has 2 rings (SSSR count). The van der Waals surface area contributed by atoms with Crippen LogP contribution in [0.5, 0.6) is 0 Å². The van der Waals surface area contributed by atoms with Crippen molar-refractivity contribution >= 4 is 0 Å². The number of benzene rings is 1. The molecule has 3 unspecified atom stereocenters. The van der Waals surface area contributed by atoms with Crippen LogP contribution in [0.3, 0.4) is 0 Å². The van der Waals surface area contributed by atoms with Crippen molar-refractivity contribution < 1.29 is 5.11 Å². The Kier molecular flexibility index (Phi) is 5.04. The zero-order valence-corrected chi connectivity index (χ0v) is 12.4. The summed E-state index contributed by atoms with van der Waals surface area (Å²) >= 11 is 0. The molecule has 1 aliphatic rings. The van der Waals surface area contributed by atoms with Crippen LogP contribution in [0.4, 0.5) is 0 Å². The van der Waals surface area contributed by atoms with Crippen molar-refractivity contribution in [3.8, 4) is 0 Å². The van der Waals surface area contributed by atoms with Gasteiger partial charge >= 0.3 is 0 Å². The van der Waals surface area contributed by atoms with Gasteiger partial charge in [-0.1, -0.05) is 69.9 Å². The SMILES string of the molecule is CCC1CCCCC1C(O)(CC)Cc1ccccc1. The summed E-state index contributed by atoms with van der Waals surface area (Å²) in [6, 6.07) is 10.5. The topological polar surface area (TPSA) is 20.2 Å². The van der Waals surface area contributed by atoms with Crippen molar-refractivity contribution in [1.82, 2.24) is 0 Å². The van der Waals surface area contributed by atoms with E-state index in [2.05, 4.69) is 38.1 Å². The molecular formula is C18H28O. The van der Waals surface area contributed by atoms with Gasteiger partial charge in [-0.2, -0.15) is 0 Å². The van der Waals surface area contributed by atoms with E-state index in [1.165, 1.54) is 37.7 Å². The summed E-state index contributed by atoms with van der Waals surface area (Å²) in [7, 11) is 0. The average Bonchev–Trinajstić information content (AvgIpc) is 2.48. The van der Waals surface area contributed by atoms with E-state index in [9.17, 15) is 5.11 Å². The second-order valence-electron chi connectivity index (χ2n) is 6.18. The second kappa shape index (κ2) is 6.56. The van der Waals surface area contributed by atoms with Crippen LogP contribution in [0, 0.1) is 11.8 Å². The summed E-state index contributed by atoms with van der Waals surface area (Å²) in [5.41, 5.74) is 0.759. The molecule has 106 valence electrons. The van der Waals surface area contributed by atoms with Crippen molar-refractivity contribution in [3.63, 3.8) is 0 Å². The summed E-state index contributed by atoms with van der Waals surface area (Å²) in [5, 5.41) is 11.2. The molecule has 0 amide bonds. The minimum absolute atomic E-state index is 0.483. The van der Waals surface area contributed by atoms with Crippen LogP contribution >= 0.6 is 0 Å². The maximum Gasteiger partial charge on any atom is 0.0716 e. The Morgan fingerprint density at radius 2 is 1.79 bits per heavy atom. The summed E-state index contributed by atoms with van der Waals surface area (Å²) in [6.07, 6.45) is 8.03. The number of hydrogen-bond acceptors (Lipinski definition) is 1. The molecule has 1 heteroatoms. The molecular weight excluding hydrogens is 232 g/mol. The van der Waals surface area contributed by atoms with E-state index < -0.39 is 5.60 Å². The first-order valence-corrected chi connectivity index (χ1v) is 7.96. The van der Waals surface area contributed by atoms with Gasteiger partial charge in [-0.05, 0) is 30.2 Å². The van der Waals surface area contributed by atoms with Crippen molar-refractivity contribution in [1.29, 1.82) is 0 Å². The molecule has 1 aromatic rings. The molecule has 0 radical (unpaired) electrons. The van der Waals surface area contributed by atoms with Gasteiger partial charge < -0.3 is 5.11 Å². The fraction of sp³-hybridized carbons (Fsp3) is 0.667. The molecule has 0 heterocycles. The lowest BCUT2D eigenvalue weighted by Gasteiger charge is -2.43. The van der Waals surface area contributed by atoms with Gasteiger partial charge in [0.25, 0.3) is 0 Å². The third-order valence-electron chi connectivity index (χ3n) is 5.09. The molecule has 0 aliphatic heterocycles. The molecule has 3 atom stereocenters. The largest absolute Gasteiger partial charge is 0.389 e. The minimum atomic E-state index is -0.511. The van der Waals surface area contributed by atoms with Crippen LogP contribution in [0.1, 0.15) is 57.9 Å². The van der Waals surface area contributed by atoms with Gasteiger partial charge in [0.05, 0.1) is 5.60 Å². The number of aliphatic hydroxyl groups is 1. The lowest BCUT2D eigenvalue weighted by molar-refractivity contribution is -0.0608. The highest BCUT2D eigenvalue weighted by atomic mass is 16.3. The molecule has 1 aliphatic carbocycles. The van der Waals surface area contributed by atoms with Gasteiger partial charge in [-0.3, -0.25) is 0 Å². The monoisotopic (exact) mass is 260 g/mol. The fourth-order valence-electron chi connectivity index (χ4n) is 3.87. The Balaban J connectivity index is 2.16. The molecule has 0 aromatic heterocycles. The second-order valence-corrected chi connectivity index (χ2v) is 6.18. The maximum absolute atomic E-state index is 11.2. The summed E-state index contributed by atoms with van der Waals surface area (Å²) < 4.78 is 0. The summed E-state index contributed by atoms with van der Waals surface area (Å²) in [4.78, 5) is 0. The van der Waals surface area contributed by atoms with Crippen LogP contribution < -0.4 is 0 Å². The Labute approximate surface area is 118 Å². The quantitative estimate of drug-likeness (QED) is 0.821. The van der Waals surface area contributed by atoms with Crippen LogP contribution in [0.15, 0.2) is 30.3 Å². The molecule has 1 nitrogen and oxygen atoms in total. The van der Waals surface area contributed by atoms with E-state index in [0.29, 0.717) is 11.8 Å². The third-order valence-corrected chi connectivity index (χ3v) is 5.09. The van der Waals surface area contributed by atoms with E-state index in [1.807, 2.05) is 6.07 Å². The normalized spacial score (nSPS) is 26.9. The van der Waals surface area contributed by atoms with E-state index in [4.69, 9.17) is 0 Å². The molecule has 0 saturated heterocycles. The van der Waals surface area contributed by atoms with E-state index in [1.54, 1.807) is 0 Å². The lowest BCUT2D eigenvalue weighted by atomic mass is 9.66. The van der Waals surface area contributed by atoms with E-state index in [0.717, 1.165) is 12.8 Å². The van der Waals surface area contributed by atoms with Gasteiger partial charge in [-0.15, -0.1) is 0 Å². The predicted octanol–water partition coefficient (Wildman–Crippen LogP) is 4.59. The summed E-state index contributed by atoms with van der Waals surface area (Å²) in [6.45, 7) is 4.42. The van der Waals surface area contributed by atoms with Crippen LogP contribution in [0.2, 0.25) is 0 Å². The molecule has 1 aromatic carbocycles. The van der Waals surface area contributed by atoms with Crippen LogP contribution in [-0.4, -0.2) is 10.7 Å². The van der Waals surface area contributed by atoms with Crippen molar-refractivity contribution in [2.24, 2.45) is 11.8 Å². The van der Waals surface area contributed by atoms with Crippen molar-refractivity contribution in [3.05, 3.63) is 35.9 Å². The third kappa shape index (κ3) is 3.39. The number of rotatable bonds is 5. The first-order chi connectivity index (χ1) is 9.19. The Bertz CT molecular complexity index is 373. The van der Waals surface area contributed by atoms with E-state index in [-0.39, 0.29) is 0 Å². The lowest BCUT2D eigenvalue weighted by Crippen LogP contribution is -2.44. The molecule has 1 fully saturated rings. The standard InChI is InChI=1S/C18H28O/c1-3-16-12-8-9-13-17(16)18(19,4-2)14-15-10-6-5-7-11-15/h5-7,10-11,16-17,19H,3-4,8-9,12-14H2,1-2H3. The van der Waals surface area contributed by atoms with Crippen LogP contribution in [0.25, 0.3) is 0 Å². The zero-order valence-electron chi connectivity index (χ0n) is 12.4. The number of hydrogen-bond donors (Lipinski definition) is 1. The van der Waals surface area contributed by atoms with Gasteiger partial charge in [-0.25, -0.2) is 0 Å². The molecule has 19 heavy (non-hydrogen) atoms. The van der Waals surface area contributed by atoms with E-state index >= 15 is 0 Å². The maximum atomic E-state index is 11.2. The van der Waals surface area contributed by atoms with Gasteiger partial charge in [0.1, 0.15) is 0 Å². The Hall–Kier alpha value is -0.820. The van der Waals surface area contributed by atoms with Gasteiger partial charge in [0, 0.05) is 6.42 Å².